The number of ether oxygens (including phenoxy) is 2. The molecule has 1 N–H and O–H groups in total. The van der Waals surface area contributed by atoms with Gasteiger partial charge < -0.3 is 23.9 Å². The third kappa shape index (κ3) is 5.92. The fourth-order valence-electron chi connectivity index (χ4n) is 5.51. The molecule has 1 saturated heterocycles. The van der Waals surface area contributed by atoms with Gasteiger partial charge in [0.25, 0.3) is 0 Å². The summed E-state index contributed by atoms with van der Waals surface area (Å²) in [5, 5.41) is 0.569. The van der Waals surface area contributed by atoms with E-state index in [-0.39, 0.29) is 17.4 Å². The number of piperidine rings is 1. The molecule has 1 amide bonds. The van der Waals surface area contributed by atoms with E-state index in [1.54, 1.807) is 18.2 Å². The Morgan fingerprint density at radius 3 is 2.38 bits per heavy atom. The van der Waals surface area contributed by atoms with Crippen molar-refractivity contribution in [2.24, 2.45) is 0 Å². The van der Waals surface area contributed by atoms with Crippen LogP contribution in [0.3, 0.4) is 0 Å². The zero-order valence-corrected chi connectivity index (χ0v) is 22.1. The molecule has 0 spiro atoms. The smallest absolute Gasteiger partial charge is 0.393 e. The second-order valence-electron chi connectivity index (χ2n) is 9.97. The zero-order chi connectivity index (χ0) is 27.6. The Balaban J connectivity index is 1.38. The number of benzene rings is 2. The number of carbonyl (C=O) groups is 1. The number of alkyl halides is 3. The van der Waals surface area contributed by atoms with Crippen LogP contribution in [0.1, 0.15) is 36.3 Å². The number of likely N-dealkylation sites (tertiary alicyclic amines) is 1. The standard InChI is InChI=1S/C30H32F3N3O3/c1-38-26-8-6-22(18-27(26)39-2)29-24(19-30(31,32)33)23-17-21(5-7-25(23)34-29)20-9-15-36(16-10-20)28(37)11-14-35-12-3-4-13-35/h3-8,12-13,17-18,20,34H,9-11,14-16,19H2,1-2H3. The Bertz CT molecular complexity index is 1440. The van der Waals surface area contributed by atoms with Crippen molar-refractivity contribution in [3.63, 3.8) is 0 Å². The van der Waals surface area contributed by atoms with Gasteiger partial charge in [-0.1, -0.05) is 6.07 Å². The summed E-state index contributed by atoms with van der Waals surface area (Å²) in [5.74, 6) is 1.27. The number of aryl methyl sites for hydroxylation is 1. The molecule has 0 bridgehead atoms. The van der Waals surface area contributed by atoms with Crippen LogP contribution in [0.4, 0.5) is 13.2 Å². The molecule has 0 aliphatic carbocycles. The van der Waals surface area contributed by atoms with Crippen LogP contribution in [0.15, 0.2) is 60.9 Å². The average Bonchev–Trinajstić information content (AvgIpc) is 3.58. The maximum atomic E-state index is 13.7. The van der Waals surface area contributed by atoms with E-state index in [2.05, 4.69) is 4.98 Å². The Morgan fingerprint density at radius 2 is 1.72 bits per heavy atom. The van der Waals surface area contributed by atoms with E-state index in [1.165, 1.54) is 14.2 Å². The van der Waals surface area contributed by atoms with Gasteiger partial charge in [-0.15, -0.1) is 0 Å². The molecule has 1 aliphatic rings. The minimum atomic E-state index is -4.37. The van der Waals surface area contributed by atoms with Crippen LogP contribution >= 0.6 is 0 Å². The molecule has 2 aromatic heterocycles. The minimum Gasteiger partial charge on any atom is -0.493 e. The van der Waals surface area contributed by atoms with E-state index in [9.17, 15) is 18.0 Å². The fourth-order valence-corrected chi connectivity index (χ4v) is 5.51. The number of aromatic amines is 1. The van der Waals surface area contributed by atoms with E-state index in [4.69, 9.17) is 9.47 Å². The monoisotopic (exact) mass is 539 g/mol. The fraction of sp³-hybridized carbons (Fsp3) is 0.367. The molecule has 9 heteroatoms. The molecule has 2 aromatic carbocycles. The van der Waals surface area contributed by atoms with Crippen LogP contribution in [-0.4, -0.2) is 53.8 Å². The van der Waals surface area contributed by atoms with E-state index in [1.807, 2.05) is 52.2 Å². The quantitative estimate of drug-likeness (QED) is 0.276. The van der Waals surface area contributed by atoms with Crippen molar-refractivity contribution in [1.29, 1.82) is 0 Å². The number of amides is 1. The summed E-state index contributed by atoms with van der Waals surface area (Å²) in [6, 6.07) is 14.7. The third-order valence-corrected chi connectivity index (χ3v) is 7.55. The molecular formula is C30H32F3N3O3. The summed E-state index contributed by atoms with van der Waals surface area (Å²) in [5.41, 5.74) is 2.88. The summed E-state index contributed by atoms with van der Waals surface area (Å²) >= 11 is 0. The molecule has 206 valence electrons. The van der Waals surface area contributed by atoms with Crippen LogP contribution in [0.2, 0.25) is 0 Å². The van der Waals surface area contributed by atoms with Gasteiger partial charge in [-0.05, 0) is 72.4 Å². The Labute approximate surface area is 225 Å². The highest BCUT2D eigenvalue weighted by Crippen LogP contribution is 2.40. The van der Waals surface area contributed by atoms with Gasteiger partial charge in [0.2, 0.25) is 5.91 Å². The van der Waals surface area contributed by atoms with Crippen molar-refractivity contribution >= 4 is 16.8 Å². The Morgan fingerprint density at radius 1 is 1.00 bits per heavy atom. The van der Waals surface area contributed by atoms with Crippen LogP contribution in [0.5, 0.6) is 11.5 Å². The van der Waals surface area contributed by atoms with Gasteiger partial charge in [0, 0.05) is 54.9 Å². The van der Waals surface area contributed by atoms with E-state index < -0.39 is 12.6 Å². The predicted octanol–water partition coefficient (Wildman–Crippen LogP) is 6.55. The van der Waals surface area contributed by atoms with Gasteiger partial charge >= 0.3 is 6.18 Å². The number of nitrogens with zero attached hydrogens (tertiary/aromatic N) is 2. The maximum absolute atomic E-state index is 13.7. The van der Waals surface area contributed by atoms with Crippen molar-refractivity contribution in [1.82, 2.24) is 14.5 Å². The SMILES string of the molecule is COc1ccc(-c2[nH]c3ccc(C4CCN(C(=O)CCn5cccc5)CC4)cc3c2CC(F)(F)F)cc1OC. The lowest BCUT2D eigenvalue weighted by molar-refractivity contribution is -0.132. The first-order valence-electron chi connectivity index (χ1n) is 13.1. The van der Waals surface area contributed by atoms with Crippen LogP contribution in [0, 0.1) is 0 Å². The third-order valence-electron chi connectivity index (χ3n) is 7.55. The van der Waals surface area contributed by atoms with Crippen LogP contribution < -0.4 is 9.47 Å². The normalized spacial score (nSPS) is 14.6. The first-order chi connectivity index (χ1) is 18.8. The molecule has 5 rings (SSSR count). The van der Waals surface area contributed by atoms with Gasteiger partial charge in [-0.25, -0.2) is 0 Å². The lowest BCUT2D eigenvalue weighted by Crippen LogP contribution is -2.38. The molecule has 0 saturated carbocycles. The van der Waals surface area contributed by atoms with Gasteiger partial charge in [-0.3, -0.25) is 4.79 Å². The predicted molar refractivity (Wildman–Crippen MR) is 144 cm³/mol. The topological polar surface area (TPSA) is 59.5 Å². The number of hydrogen-bond donors (Lipinski definition) is 1. The average molecular weight is 540 g/mol. The van der Waals surface area contributed by atoms with Crippen LogP contribution in [-0.2, 0) is 17.8 Å². The number of nitrogens with one attached hydrogen (secondary N) is 1. The molecular weight excluding hydrogens is 507 g/mol. The van der Waals surface area contributed by atoms with Crippen molar-refractivity contribution in [2.45, 2.75) is 44.3 Å². The molecule has 0 unspecified atom stereocenters. The number of rotatable bonds is 8. The molecule has 0 radical (unpaired) electrons. The van der Waals surface area contributed by atoms with Crippen molar-refractivity contribution in [2.75, 3.05) is 27.3 Å². The number of H-pyrrole nitrogens is 1. The van der Waals surface area contributed by atoms with Gasteiger partial charge in [0.05, 0.1) is 26.3 Å². The molecule has 3 heterocycles. The second kappa shape index (κ2) is 11.1. The highest BCUT2D eigenvalue weighted by molar-refractivity contribution is 5.92. The lowest BCUT2D eigenvalue weighted by Gasteiger charge is -2.32. The first-order valence-corrected chi connectivity index (χ1v) is 13.1. The number of fused-ring (bicyclic) bond motifs is 1. The highest BCUT2D eigenvalue weighted by Gasteiger charge is 2.32. The molecule has 1 aliphatic heterocycles. The minimum absolute atomic E-state index is 0.135. The number of aromatic nitrogens is 2. The Hall–Kier alpha value is -3.88. The lowest BCUT2D eigenvalue weighted by atomic mass is 9.88. The number of carbonyl (C=O) groups excluding carboxylic acids is 1. The van der Waals surface area contributed by atoms with Gasteiger partial charge in [-0.2, -0.15) is 13.2 Å². The van der Waals surface area contributed by atoms with Crippen LogP contribution in [0.25, 0.3) is 22.2 Å². The van der Waals surface area contributed by atoms with E-state index >= 15 is 0 Å². The highest BCUT2D eigenvalue weighted by atomic mass is 19.4. The number of halogens is 3. The number of methoxy groups -OCH3 is 2. The summed E-state index contributed by atoms with van der Waals surface area (Å²) in [4.78, 5) is 17.8. The zero-order valence-electron chi connectivity index (χ0n) is 22.1. The Kier molecular flexibility index (Phi) is 7.59. The molecule has 1 fully saturated rings. The maximum Gasteiger partial charge on any atom is 0.393 e. The first kappa shape index (κ1) is 26.7. The number of hydrogen-bond acceptors (Lipinski definition) is 3. The molecule has 0 atom stereocenters. The molecule has 6 nitrogen and oxygen atoms in total. The van der Waals surface area contributed by atoms with Gasteiger partial charge in [0.15, 0.2) is 11.5 Å². The van der Waals surface area contributed by atoms with Crippen molar-refractivity contribution < 1.29 is 27.4 Å². The summed E-state index contributed by atoms with van der Waals surface area (Å²) in [7, 11) is 3.01. The van der Waals surface area contributed by atoms with E-state index in [0.29, 0.717) is 59.7 Å². The summed E-state index contributed by atoms with van der Waals surface area (Å²) in [6.45, 7) is 1.94. The van der Waals surface area contributed by atoms with Gasteiger partial charge in [0.1, 0.15) is 0 Å². The summed E-state index contributed by atoms with van der Waals surface area (Å²) in [6.07, 6.45) is 0.483. The largest absolute Gasteiger partial charge is 0.493 e. The molecule has 39 heavy (non-hydrogen) atoms. The van der Waals surface area contributed by atoms with Crippen molar-refractivity contribution in [3.8, 4) is 22.8 Å². The molecule has 4 aromatic rings. The summed E-state index contributed by atoms with van der Waals surface area (Å²) < 4.78 is 53.9. The second-order valence-corrected chi connectivity index (χ2v) is 9.97. The van der Waals surface area contributed by atoms with Crippen molar-refractivity contribution in [3.05, 3.63) is 72.1 Å². The van der Waals surface area contributed by atoms with E-state index in [0.717, 1.165) is 18.4 Å².